The molecule has 0 heterocycles. The molecule has 0 aliphatic heterocycles. The molecular formula is C9H9BrN2O6S. The van der Waals surface area contributed by atoms with E-state index < -0.39 is 37.9 Å². The lowest BCUT2D eigenvalue weighted by Crippen LogP contribution is -2.26. The number of nitro groups is 1. The third-order valence-electron chi connectivity index (χ3n) is 2.04. The number of nitrogens with one attached hydrogen (secondary N) is 1. The number of sulfonamides is 1. The summed E-state index contributed by atoms with van der Waals surface area (Å²) in [6.07, 6.45) is -0.416. The van der Waals surface area contributed by atoms with Crippen molar-refractivity contribution in [2.75, 3.05) is 6.54 Å². The zero-order valence-corrected chi connectivity index (χ0v) is 11.8. The van der Waals surface area contributed by atoms with Crippen molar-refractivity contribution in [1.82, 2.24) is 4.72 Å². The Morgan fingerprint density at radius 3 is 2.63 bits per heavy atom. The third kappa shape index (κ3) is 4.26. The van der Waals surface area contributed by atoms with Crippen molar-refractivity contribution in [1.29, 1.82) is 0 Å². The van der Waals surface area contributed by atoms with Crippen LogP contribution in [0.3, 0.4) is 0 Å². The Labute approximate surface area is 116 Å². The van der Waals surface area contributed by atoms with E-state index in [2.05, 4.69) is 15.9 Å². The molecule has 104 valence electrons. The number of carboxylic acids is 1. The van der Waals surface area contributed by atoms with Gasteiger partial charge in [0.15, 0.2) is 4.90 Å². The molecule has 1 rings (SSSR count). The van der Waals surface area contributed by atoms with Crippen LogP contribution in [0, 0.1) is 10.1 Å². The lowest BCUT2D eigenvalue weighted by atomic mass is 10.3. The Morgan fingerprint density at radius 1 is 1.47 bits per heavy atom. The van der Waals surface area contributed by atoms with Gasteiger partial charge in [0.25, 0.3) is 5.69 Å². The summed E-state index contributed by atoms with van der Waals surface area (Å²) in [5, 5.41) is 19.2. The molecule has 10 heteroatoms. The van der Waals surface area contributed by atoms with E-state index >= 15 is 0 Å². The molecular weight excluding hydrogens is 344 g/mol. The maximum absolute atomic E-state index is 11.9. The molecule has 0 atom stereocenters. The highest BCUT2D eigenvalue weighted by molar-refractivity contribution is 9.10. The summed E-state index contributed by atoms with van der Waals surface area (Å²) in [4.78, 5) is 19.7. The van der Waals surface area contributed by atoms with Crippen LogP contribution in [0.15, 0.2) is 27.6 Å². The Bertz CT molecular complexity index is 615. The van der Waals surface area contributed by atoms with Crippen molar-refractivity contribution in [3.8, 4) is 0 Å². The first-order valence-corrected chi connectivity index (χ1v) is 7.17. The predicted molar refractivity (Wildman–Crippen MR) is 68.2 cm³/mol. The van der Waals surface area contributed by atoms with Gasteiger partial charge < -0.3 is 5.11 Å². The maximum Gasteiger partial charge on any atom is 0.304 e. The number of nitro benzene ring substituents is 1. The van der Waals surface area contributed by atoms with Crippen LogP contribution in [-0.4, -0.2) is 31.0 Å². The first kappa shape index (κ1) is 15.5. The van der Waals surface area contributed by atoms with Crippen LogP contribution in [-0.2, 0) is 14.8 Å². The van der Waals surface area contributed by atoms with Gasteiger partial charge in [-0.3, -0.25) is 14.9 Å². The van der Waals surface area contributed by atoms with Crippen LogP contribution in [0.1, 0.15) is 6.42 Å². The van der Waals surface area contributed by atoms with E-state index in [1.165, 1.54) is 6.07 Å². The lowest BCUT2D eigenvalue weighted by molar-refractivity contribution is -0.387. The van der Waals surface area contributed by atoms with E-state index in [1.807, 2.05) is 4.72 Å². The highest BCUT2D eigenvalue weighted by Gasteiger charge is 2.25. The molecule has 19 heavy (non-hydrogen) atoms. The first-order valence-electron chi connectivity index (χ1n) is 4.89. The second-order valence-corrected chi connectivity index (χ2v) is 6.06. The molecule has 0 saturated carbocycles. The molecule has 8 nitrogen and oxygen atoms in total. The number of carbonyl (C=O) groups is 1. The SMILES string of the molecule is O=C(O)CCNS(=O)(=O)c1cc(Br)ccc1[N+](=O)[O-]. The Kier molecular flexibility index (Phi) is 4.97. The van der Waals surface area contributed by atoms with E-state index in [-0.39, 0.29) is 6.54 Å². The van der Waals surface area contributed by atoms with Crippen molar-refractivity contribution < 1.29 is 23.2 Å². The topological polar surface area (TPSA) is 127 Å². The van der Waals surface area contributed by atoms with Crippen LogP contribution in [0.4, 0.5) is 5.69 Å². The van der Waals surface area contributed by atoms with E-state index in [0.717, 1.165) is 12.1 Å². The number of benzene rings is 1. The number of halogens is 1. The summed E-state index contributed by atoms with van der Waals surface area (Å²) in [6, 6.07) is 3.48. The molecule has 1 aromatic rings. The fraction of sp³-hybridized carbons (Fsp3) is 0.222. The minimum Gasteiger partial charge on any atom is -0.481 e. The lowest BCUT2D eigenvalue weighted by Gasteiger charge is -2.06. The van der Waals surface area contributed by atoms with E-state index in [0.29, 0.717) is 4.47 Å². The van der Waals surface area contributed by atoms with Crippen LogP contribution in [0.2, 0.25) is 0 Å². The third-order valence-corrected chi connectivity index (χ3v) is 4.02. The van der Waals surface area contributed by atoms with E-state index in [1.54, 1.807) is 0 Å². The standard InChI is InChI=1S/C9H9BrN2O6S/c10-6-1-2-7(12(15)16)8(5-6)19(17,18)11-4-3-9(13)14/h1-2,5,11H,3-4H2,(H,13,14). The van der Waals surface area contributed by atoms with Gasteiger partial charge in [-0.2, -0.15) is 0 Å². The summed E-state index contributed by atoms with van der Waals surface area (Å²) in [5.74, 6) is -1.17. The molecule has 0 fully saturated rings. The average Bonchev–Trinajstić information content (AvgIpc) is 2.27. The number of carboxylic acid groups (broad SMARTS) is 1. The molecule has 2 N–H and O–H groups in total. The van der Waals surface area contributed by atoms with Gasteiger partial charge in [0.2, 0.25) is 10.0 Å². The van der Waals surface area contributed by atoms with Gasteiger partial charge in [-0.15, -0.1) is 0 Å². The normalized spacial score (nSPS) is 11.2. The molecule has 0 saturated heterocycles. The minimum atomic E-state index is -4.14. The van der Waals surface area contributed by atoms with Crippen molar-refractivity contribution in [2.24, 2.45) is 0 Å². The molecule has 0 unspecified atom stereocenters. The quantitative estimate of drug-likeness (QED) is 0.583. The van der Waals surface area contributed by atoms with Crippen molar-refractivity contribution in [2.45, 2.75) is 11.3 Å². The van der Waals surface area contributed by atoms with Crippen molar-refractivity contribution >= 4 is 37.6 Å². The second kappa shape index (κ2) is 6.08. The summed E-state index contributed by atoms with van der Waals surface area (Å²) >= 11 is 3.02. The van der Waals surface area contributed by atoms with Gasteiger partial charge in [-0.1, -0.05) is 15.9 Å². The van der Waals surface area contributed by atoms with Gasteiger partial charge in [-0.05, 0) is 12.1 Å². The van der Waals surface area contributed by atoms with Crippen LogP contribution < -0.4 is 4.72 Å². The highest BCUT2D eigenvalue weighted by atomic mass is 79.9. The molecule has 0 spiro atoms. The van der Waals surface area contributed by atoms with Crippen LogP contribution >= 0.6 is 15.9 Å². The predicted octanol–water partition coefficient (Wildman–Crippen LogP) is 1.11. The first-order chi connectivity index (χ1) is 8.74. The fourth-order valence-corrected chi connectivity index (χ4v) is 2.96. The van der Waals surface area contributed by atoms with Gasteiger partial charge in [0.1, 0.15) is 0 Å². The largest absolute Gasteiger partial charge is 0.481 e. The van der Waals surface area contributed by atoms with Crippen LogP contribution in [0.5, 0.6) is 0 Å². The van der Waals surface area contributed by atoms with Gasteiger partial charge in [0.05, 0.1) is 11.3 Å². The smallest absolute Gasteiger partial charge is 0.304 e. The van der Waals surface area contributed by atoms with Crippen LogP contribution in [0.25, 0.3) is 0 Å². The number of aliphatic carboxylic acids is 1. The Morgan fingerprint density at radius 2 is 2.11 bits per heavy atom. The highest BCUT2D eigenvalue weighted by Crippen LogP contribution is 2.26. The molecule has 1 aromatic carbocycles. The average molecular weight is 353 g/mol. The Hall–Kier alpha value is -1.52. The van der Waals surface area contributed by atoms with Gasteiger partial charge in [-0.25, -0.2) is 13.1 Å². The molecule has 0 amide bonds. The zero-order valence-electron chi connectivity index (χ0n) is 9.37. The Balaban J connectivity index is 3.09. The monoisotopic (exact) mass is 352 g/mol. The zero-order chi connectivity index (χ0) is 14.6. The van der Waals surface area contributed by atoms with Gasteiger partial charge >= 0.3 is 5.97 Å². The maximum atomic E-state index is 11.9. The summed E-state index contributed by atoms with van der Waals surface area (Å²) in [6.45, 7) is -0.346. The molecule has 0 aliphatic carbocycles. The molecule has 0 aliphatic rings. The molecule has 0 aromatic heterocycles. The fourth-order valence-electron chi connectivity index (χ4n) is 1.22. The number of rotatable bonds is 6. The second-order valence-electron chi connectivity index (χ2n) is 3.41. The van der Waals surface area contributed by atoms with Gasteiger partial charge in [0, 0.05) is 17.1 Å². The molecule has 0 radical (unpaired) electrons. The van der Waals surface area contributed by atoms with E-state index in [9.17, 15) is 23.3 Å². The van der Waals surface area contributed by atoms with E-state index in [4.69, 9.17) is 5.11 Å². The van der Waals surface area contributed by atoms with Crippen molar-refractivity contribution in [3.05, 3.63) is 32.8 Å². The number of nitrogens with zero attached hydrogens (tertiary/aromatic N) is 1. The number of hydrogen-bond donors (Lipinski definition) is 2. The summed E-state index contributed by atoms with van der Waals surface area (Å²) in [7, 11) is -4.14. The van der Waals surface area contributed by atoms with Crippen molar-refractivity contribution in [3.63, 3.8) is 0 Å². The number of hydrogen-bond acceptors (Lipinski definition) is 5. The minimum absolute atomic E-state index is 0.346. The summed E-state index contributed by atoms with van der Waals surface area (Å²) in [5.41, 5.74) is -0.578. The molecule has 0 bridgehead atoms. The summed E-state index contributed by atoms with van der Waals surface area (Å²) < 4.78 is 26.1.